The summed E-state index contributed by atoms with van der Waals surface area (Å²) in [6, 6.07) is 10.9. The van der Waals surface area contributed by atoms with E-state index in [-0.39, 0.29) is 0 Å². The fraction of sp³-hybridized carbons (Fsp3) is 0.278. The van der Waals surface area contributed by atoms with Gasteiger partial charge < -0.3 is 14.8 Å². The van der Waals surface area contributed by atoms with E-state index < -0.39 is 0 Å². The molecule has 1 saturated heterocycles. The Labute approximate surface area is 149 Å². The van der Waals surface area contributed by atoms with Crippen LogP contribution in [0.5, 0.6) is 0 Å². The molecule has 1 aliphatic heterocycles. The van der Waals surface area contributed by atoms with Crippen molar-refractivity contribution in [2.24, 2.45) is 0 Å². The molecule has 1 N–H and O–H groups in total. The summed E-state index contributed by atoms with van der Waals surface area (Å²) in [4.78, 5) is 12.7. The maximum Gasteiger partial charge on any atom is 0.137 e. The molecule has 0 spiro atoms. The number of pyridine rings is 1. The van der Waals surface area contributed by atoms with E-state index in [2.05, 4.69) is 79.6 Å². The van der Waals surface area contributed by atoms with Crippen molar-refractivity contribution in [2.45, 2.75) is 6.92 Å². The largest absolute Gasteiger partial charge is 0.368 e. The van der Waals surface area contributed by atoms with Gasteiger partial charge in [0.05, 0.1) is 11.9 Å². The number of halogens is 1. The molecule has 0 saturated carbocycles. The number of nitrogens with one attached hydrogen (secondary N) is 1. The summed E-state index contributed by atoms with van der Waals surface area (Å²) in [6.07, 6.45) is 3.97. The van der Waals surface area contributed by atoms with E-state index in [0.29, 0.717) is 0 Å². The number of fused-ring (bicyclic) bond motifs is 1. The first-order chi connectivity index (χ1) is 11.2. The van der Waals surface area contributed by atoms with E-state index in [1.54, 1.807) is 0 Å². The summed E-state index contributed by atoms with van der Waals surface area (Å²) in [7, 11) is 0. The average molecular weight is 418 g/mol. The predicted octanol–water partition coefficient (Wildman–Crippen LogP) is 3.80. The van der Waals surface area contributed by atoms with Crippen LogP contribution in [0.1, 0.15) is 5.56 Å². The van der Waals surface area contributed by atoms with E-state index in [9.17, 15) is 0 Å². The number of aromatic nitrogens is 2. The van der Waals surface area contributed by atoms with E-state index in [1.165, 1.54) is 25.9 Å². The van der Waals surface area contributed by atoms with Crippen LogP contribution < -0.4 is 9.80 Å². The van der Waals surface area contributed by atoms with Crippen molar-refractivity contribution in [2.75, 3.05) is 36.0 Å². The molecule has 118 valence electrons. The first kappa shape index (κ1) is 14.8. The van der Waals surface area contributed by atoms with Gasteiger partial charge in [-0.3, -0.25) is 0 Å². The van der Waals surface area contributed by atoms with Gasteiger partial charge in [-0.15, -0.1) is 0 Å². The Hall–Kier alpha value is -1.76. The monoisotopic (exact) mass is 418 g/mol. The zero-order valence-corrected chi connectivity index (χ0v) is 15.2. The van der Waals surface area contributed by atoms with Crippen molar-refractivity contribution >= 4 is 45.0 Å². The third-order valence-corrected chi connectivity index (χ3v) is 5.36. The van der Waals surface area contributed by atoms with Crippen molar-refractivity contribution in [1.82, 2.24) is 9.97 Å². The minimum Gasteiger partial charge on any atom is -0.368 e. The summed E-state index contributed by atoms with van der Waals surface area (Å²) in [5.41, 5.74) is 4.88. The van der Waals surface area contributed by atoms with Crippen LogP contribution >= 0.6 is 22.6 Å². The molecule has 0 amide bonds. The van der Waals surface area contributed by atoms with Gasteiger partial charge in [0.25, 0.3) is 0 Å². The maximum absolute atomic E-state index is 4.55. The minimum atomic E-state index is 0.976. The number of anilines is 2. The number of aryl methyl sites for hydroxylation is 1. The number of piperazine rings is 1. The van der Waals surface area contributed by atoms with Gasteiger partial charge in [-0.05, 0) is 65.4 Å². The second-order valence-corrected chi connectivity index (χ2v) is 7.20. The fourth-order valence-corrected chi connectivity index (χ4v) is 3.67. The van der Waals surface area contributed by atoms with Crippen molar-refractivity contribution in [3.63, 3.8) is 0 Å². The number of hydrogen-bond donors (Lipinski definition) is 1. The van der Waals surface area contributed by atoms with Crippen LogP contribution in [0.15, 0.2) is 42.7 Å². The molecule has 1 aliphatic rings. The minimum absolute atomic E-state index is 0.976. The van der Waals surface area contributed by atoms with Crippen molar-refractivity contribution in [3.8, 4) is 0 Å². The fourth-order valence-electron chi connectivity index (χ4n) is 3.31. The SMILES string of the molecule is Cc1c(N2CCN(c3ccc(I)cc3)CC2)cnc2[nH]ccc12. The lowest BCUT2D eigenvalue weighted by atomic mass is 10.1. The Morgan fingerprint density at radius 1 is 1.00 bits per heavy atom. The van der Waals surface area contributed by atoms with Crippen LogP contribution in [0.4, 0.5) is 11.4 Å². The van der Waals surface area contributed by atoms with E-state index >= 15 is 0 Å². The Morgan fingerprint density at radius 2 is 1.70 bits per heavy atom. The van der Waals surface area contributed by atoms with Gasteiger partial charge in [0.15, 0.2) is 0 Å². The highest BCUT2D eigenvalue weighted by Crippen LogP contribution is 2.27. The van der Waals surface area contributed by atoms with Gasteiger partial charge in [-0.1, -0.05) is 0 Å². The lowest BCUT2D eigenvalue weighted by Crippen LogP contribution is -2.46. The van der Waals surface area contributed by atoms with Gasteiger partial charge in [-0.2, -0.15) is 0 Å². The summed E-state index contributed by atoms with van der Waals surface area (Å²) >= 11 is 2.35. The Bertz CT molecular complexity index is 817. The molecule has 0 radical (unpaired) electrons. The van der Waals surface area contributed by atoms with Gasteiger partial charge in [0, 0.05) is 47.0 Å². The molecule has 3 aromatic rings. The molecule has 1 aromatic carbocycles. The quantitative estimate of drug-likeness (QED) is 0.644. The number of rotatable bonds is 2. The Kier molecular flexibility index (Phi) is 3.88. The Morgan fingerprint density at radius 3 is 2.43 bits per heavy atom. The normalized spacial score (nSPS) is 15.4. The smallest absolute Gasteiger partial charge is 0.137 e. The third-order valence-electron chi connectivity index (χ3n) is 4.64. The average Bonchev–Trinajstić information content (AvgIpc) is 3.06. The zero-order valence-electron chi connectivity index (χ0n) is 13.1. The number of H-pyrrole nitrogens is 1. The summed E-state index contributed by atoms with van der Waals surface area (Å²) in [5, 5.41) is 1.22. The zero-order chi connectivity index (χ0) is 15.8. The van der Waals surface area contributed by atoms with Crippen LogP contribution in [-0.4, -0.2) is 36.1 Å². The van der Waals surface area contributed by atoms with Gasteiger partial charge >= 0.3 is 0 Å². The van der Waals surface area contributed by atoms with Crippen LogP contribution in [0, 0.1) is 10.5 Å². The molecule has 2 aromatic heterocycles. The van der Waals surface area contributed by atoms with E-state index in [4.69, 9.17) is 0 Å². The summed E-state index contributed by atoms with van der Waals surface area (Å²) in [6.45, 7) is 6.35. The number of benzene rings is 1. The highest BCUT2D eigenvalue weighted by atomic mass is 127. The summed E-state index contributed by atoms with van der Waals surface area (Å²) < 4.78 is 1.28. The molecule has 0 bridgehead atoms. The first-order valence-electron chi connectivity index (χ1n) is 7.90. The lowest BCUT2D eigenvalue weighted by molar-refractivity contribution is 0.652. The molecule has 0 atom stereocenters. The van der Waals surface area contributed by atoms with Crippen LogP contribution in [0.2, 0.25) is 0 Å². The van der Waals surface area contributed by atoms with Crippen LogP contribution in [0.3, 0.4) is 0 Å². The molecule has 4 rings (SSSR count). The molecule has 0 unspecified atom stereocenters. The Balaban J connectivity index is 1.52. The number of aromatic amines is 1. The van der Waals surface area contributed by atoms with Crippen molar-refractivity contribution in [1.29, 1.82) is 0 Å². The van der Waals surface area contributed by atoms with Gasteiger partial charge in [-0.25, -0.2) is 4.98 Å². The van der Waals surface area contributed by atoms with Crippen molar-refractivity contribution < 1.29 is 0 Å². The summed E-state index contributed by atoms with van der Waals surface area (Å²) in [5.74, 6) is 0. The predicted molar refractivity (Wildman–Crippen MR) is 104 cm³/mol. The maximum atomic E-state index is 4.55. The number of nitrogens with zero attached hydrogens (tertiary/aromatic N) is 3. The highest BCUT2D eigenvalue weighted by Gasteiger charge is 2.20. The van der Waals surface area contributed by atoms with E-state index in [0.717, 1.165) is 31.8 Å². The lowest BCUT2D eigenvalue weighted by Gasteiger charge is -2.37. The molecule has 1 fully saturated rings. The standard InChI is InChI=1S/C18H19IN4/c1-13-16-6-7-20-18(16)21-12-17(13)23-10-8-22(9-11-23)15-4-2-14(19)3-5-15/h2-7,12H,8-11H2,1H3,(H,20,21). The molecule has 5 heteroatoms. The molecule has 3 heterocycles. The molecule has 0 aliphatic carbocycles. The highest BCUT2D eigenvalue weighted by molar-refractivity contribution is 14.1. The molecular formula is C18H19IN4. The topological polar surface area (TPSA) is 35.2 Å². The van der Waals surface area contributed by atoms with Crippen LogP contribution in [-0.2, 0) is 0 Å². The second-order valence-electron chi connectivity index (χ2n) is 5.96. The van der Waals surface area contributed by atoms with Crippen molar-refractivity contribution in [3.05, 3.63) is 51.9 Å². The van der Waals surface area contributed by atoms with Crippen LogP contribution in [0.25, 0.3) is 11.0 Å². The second kappa shape index (κ2) is 6.03. The van der Waals surface area contributed by atoms with Gasteiger partial charge in [0.2, 0.25) is 0 Å². The molecular weight excluding hydrogens is 399 g/mol. The number of hydrogen-bond acceptors (Lipinski definition) is 3. The first-order valence-corrected chi connectivity index (χ1v) is 8.98. The molecule has 4 nitrogen and oxygen atoms in total. The van der Waals surface area contributed by atoms with E-state index in [1.807, 2.05) is 12.4 Å². The molecule has 23 heavy (non-hydrogen) atoms. The third kappa shape index (κ3) is 2.78. The van der Waals surface area contributed by atoms with Gasteiger partial charge in [0.1, 0.15) is 5.65 Å².